The fraction of sp³-hybridized carbons (Fsp3) is 0.900. The third-order valence-electron chi connectivity index (χ3n) is 2.30. The van der Waals surface area contributed by atoms with E-state index in [0.29, 0.717) is 12.3 Å². The molecule has 1 atom stereocenters. The van der Waals surface area contributed by atoms with E-state index < -0.39 is 0 Å². The molecular weight excluding hydrogens is 164 g/mol. The predicted molar refractivity (Wildman–Crippen MR) is 54.9 cm³/mol. The van der Waals surface area contributed by atoms with Gasteiger partial charge in [-0.2, -0.15) is 0 Å². The summed E-state index contributed by atoms with van der Waals surface area (Å²) in [6, 6.07) is 0. The summed E-state index contributed by atoms with van der Waals surface area (Å²) < 4.78 is 0. The third-order valence-corrected chi connectivity index (χ3v) is 2.30. The maximum Gasteiger partial charge on any atom is 0.234 e. The van der Waals surface area contributed by atoms with Crippen molar-refractivity contribution < 1.29 is 4.79 Å². The van der Waals surface area contributed by atoms with Gasteiger partial charge < -0.3 is 0 Å². The zero-order valence-corrected chi connectivity index (χ0v) is 8.81. The smallest absolute Gasteiger partial charge is 0.234 e. The summed E-state index contributed by atoms with van der Waals surface area (Å²) in [6.45, 7) is 4.32. The normalized spacial score (nSPS) is 12.5. The van der Waals surface area contributed by atoms with Crippen LogP contribution in [0, 0.1) is 5.92 Å². The Hall–Kier alpha value is -0.570. The molecule has 3 N–H and O–H groups in total. The van der Waals surface area contributed by atoms with Crippen LogP contribution in [0.15, 0.2) is 0 Å². The average molecular weight is 186 g/mol. The maximum absolute atomic E-state index is 11.0. The first-order valence-corrected chi connectivity index (χ1v) is 5.24. The summed E-state index contributed by atoms with van der Waals surface area (Å²) in [5.74, 6) is 5.53. The predicted octanol–water partition coefficient (Wildman–Crippen LogP) is 1.97. The van der Waals surface area contributed by atoms with Crippen molar-refractivity contribution in [1.29, 1.82) is 0 Å². The molecule has 3 nitrogen and oxygen atoms in total. The number of nitrogens with two attached hydrogens (primary N) is 1. The molecule has 0 saturated heterocycles. The van der Waals surface area contributed by atoms with E-state index in [1.165, 1.54) is 12.8 Å². The second kappa shape index (κ2) is 8.05. The molecule has 0 spiro atoms. The van der Waals surface area contributed by atoms with Gasteiger partial charge in [0.05, 0.1) is 0 Å². The minimum absolute atomic E-state index is 0.0328. The topological polar surface area (TPSA) is 55.1 Å². The lowest BCUT2D eigenvalue weighted by Gasteiger charge is -2.13. The molecule has 0 saturated carbocycles. The molecule has 0 aliphatic rings. The first-order chi connectivity index (χ1) is 6.24. The van der Waals surface area contributed by atoms with E-state index in [2.05, 4.69) is 19.3 Å². The third kappa shape index (κ3) is 6.58. The first-order valence-electron chi connectivity index (χ1n) is 5.24. The number of unbranched alkanes of at least 4 members (excludes halogenated alkanes) is 1. The van der Waals surface area contributed by atoms with Gasteiger partial charge in [0.1, 0.15) is 0 Å². The molecule has 0 heterocycles. The number of carbonyl (C=O) groups excluding carboxylic acids is 1. The Morgan fingerprint density at radius 3 is 2.46 bits per heavy atom. The summed E-state index contributed by atoms with van der Waals surface area (Å²) in [5.41, 5.74) is 2.19. The zero-order valence-electron chi connectivity index (χ0n) is 8.81. The maximum atomic E-state index is 11.0. The molecule has 13 heavy (non-hydrogen) atoms. The molecule has 0 radical (unpaired) electrons. The fourth-order valence-electron chi connectivity index (χ4n) is 1.57. The summed E-state index contributed by atoms with van der Waals surface area (Å²) in [6.07, 6.45) is 6.43. The van der Waals surface area contributed by atoms with Crippen LogP contribution in [0.2, 0.25) is 0 Å². The van der Waals surface area contributed by atoms with Gasteiger partial charge in [-0.15, -0.1) is 0 Å². The molecule has 0 aromatic rings. The summed E-state index contributed by atoms with van der Waals surface area (Å²) in [7, 11) is 0. The number of amides is 1. The summed E-state index contributed by atoms with van der Waals surface area (Å²) >= 11 is 0. The highest BCUT2D eigenvalue weighted by Crippen LogP contribution is 2.18. The van der Waals surface area contributed by atoms with Crippen molar-refractivity contribution in [3.8, 4) is 0 Å². The minimum atomic E-state index is -0.0328. The Balaban J connectivity index is 3.71. The summed E-state index contributed by atoms with van der Waals surface area (Å²) in [4.78, 5) is 11.0. The average Bonchev–Trinajstić information content (AvgIpc) is 2.14. The van der Waals surface area contributed by atoms with Gasteiger partial charge in [-0.3, -0.25) is 10.2 Å². The van der Waals surface area contributed by atoms with E-state index in [9.17, 15) is 4.79 Å². The van der Waals surface area contributed by atoms with E-state index in [1.807, 2.05) is 0 Å². The van der Waals surface area contributed by atoms with E-state index in [4.69, 9.17) is 5.84 Å². The van der Waals surface area contributed by atoms with E-state index in [0.717, 1.165) is 19.3 Å². The lowest BCUT2D eigenvalue weighted by atomic mass is 9.94. The molecule has 3 heteroatoms. The van der Waals surface area contributed by atoms with E-state index in [-0.39, 0.29) is 5.91 Å². The molecular formula is C10H22N2O. The number of hydrogen-bond acceptors (Lipinski definition) is 2. The second-order valence-electron chi connectivity index (χ2n) is 3.57. The molecule has 0 aliphatic carbocycles. The van der Waals surface area contributed by atoms with Crippen LogP contribution < -0.4 is 11.3 Å². The van der Waals surface area contributed by atoms with Crippen molar-refractivity contribution in [3.05, 3.63) is 0 Å². The van der Waals surface area contributed by atoms with Crippen LogP contribution in [0.4, 0.5) is 0 Å². The second-order valence-corrected chi connectivity index (χ2v) is 3.57. The van der Waals surface area contributed by atoms with Crippen molar-refractivity contribution in [2.24, 2.45) is 11.8 Å². The lowest BCUT2D eigenvalue weighted by Crippen LogP contribution is -2.31. The zero-order chi connectivity index (χ0) is 10.1. The van der Waals surface area contributed by atoms with Crippen LogP contribution in [0.5, 0.6) is 0 Å². The highest BCUT2D eigenvalue weighted by molar-refractivity contribution is 5.75. The van der Waals surface area contributed by atoms with E-state index >= 15 is 0 Å². The van der Waals surface area contributed by atoms with Crippen LogP contribution in [-0.2, 0) is 4.79 Å². The Bertz CT molecular complexity index is 137. The van der Waals surface area contributed by atoms with Crippen molar-refractivity contribution in [1.82, 2.24) is 5.43 Å². The van der Waals surface area contributed by atoms with Crippen molar-refractivity contribution in [2.75, 3.05) is 0 Å². The van der Waals surface area contributed by atoms with Gasteiger partial charge in [0, 0.05) is 6.42 Å². The number of rotatable bonds is 7. The highest BCUT2D eigenvalue weighted by Gasteiger charge is 2.11. The Kier molecular flexibility index (Phi) is 7.69. The minimum Gasteiger partial charge on any atom is -0.294 e. The first kappa shape index (κ1) is 12.4. The monoisotopic (exact) mass is 186 g/mol. The van der Waals surface area contributed by atoms with Crippen LogP contribution in [-0.4, -0.2) is 5.91 Å². The molecule has 0 aromatic heterocycles. The largest absolute Gasteiger partial charge is 0.294 e. The van der Waals surface area contributed by atoms with Crippen molar-refractivity contribution in [3.63, 3.8) is 0 Å². The Morgan fingerprint density at radius 1 is 1.31 bits per heavy atom. The van der Waals surface area contributed by atoms with Crippen LogP contribution in [0.25, 0.3) is 0 Å². The number of hydrazine groups is 1. The molecule has 1 amide bonds. The number of carbonyl (C=O) groups is 1. The van der Waals surface area contributed by atoms with Crippen LogP contribution in [0.1, 0.15) is 52.4 Å². The van der Waals surface area contributed by atoms with Crippen molar-refractivity contribution in [2.45, 2.75) is 52.4 Å². The van der Waals surface area contributed by atoms with Gasteiger partial charge in [-0.25, -0.2) is 5.84 Å². The Labute approximate surface area is 81.0 Å². The number of hydrogen-bond donors (Lipinski definition) is 2. The van der Waals surface area contributed by atoms with Crippen LogP contribution >= 0.6 is 0 Å². The molecule has 78 valence electrons. The quantitative estimate of drug-likeness (QED) is 0.363. The molecule has 0 fully saturated rings. The Morgan fingerprint density at radius 2 is 2.00 bits per heavy atom. The van der Waals surface area contributed by atoms with E-state index in [1.54, 1.807) is 0 Å². The van der Waals surface area contributed by atoms with Crippen molar-refractivity contribution >= 4 is 5.91 Å². The van der Waals surface area contributed by atoms with Gasteiger partial charge >= 0.3 is 0 Å². The fourth-order valence-corrected chi connectivity index (χ4v) is 1.57. The number of nitrogens with one attached hydrogen (secondary N) is 1. The molecule has 0 bridgehead atoms. The van der Waals surface area contributed by atoms with Gasteiger partial charge in [-0.1, -0.05) is 39.5 Å². The molecule has 0 rings (SSSR count). The molecule has 0 aliphatic heterocycles. The van der Waals surface area contributed by atoms with Gasteiger partial charge in [0.15, 0.2) is 0 Å². The highest BCUT2D eigenvalue weighted by atomic mass is 16.2. The van der Waals surface area contributed by atoms with Gasteiger partial charge in [0.2, 0.25) is 5.91 Å². The standard InChI is InChI=1S/C10H22N2O/c1-3-5-7-9(6-4-2)8-10(13)12-11/h9H,3-8,11H2,1-2H3,(H,12,13). The molecule has 0 aromatic carbocycles. The van der Waals surface area contributed by atoms with Crippen LogP contribution in [0.3, 0.4) is 0 Å². The molecule has 1 unspecified atom stereocenters. The SMILES string of the molecule is CCCCC(CCC)CC(=O)NN. The lowest BCUT2D eigenvalue weighted by molar-refractivity contribution is -0.122. The summed E-state index contributed by atoms with van der Waals surface area (Å²) in [5, 5.41) is 0. The van der Waals surface area contributed by atoms with Gasteiger partial charge in [0.25, 0.3) is 0 Å². The van der Waals surface area contributed by atoms with Gasteiger partial charge in [-0.05, 0) is 12.3 Å².